The van der Waals surface area contributed by atoms with Crippen molar-refractivity contribution in [3.8, 4) is 0 Å². The molecule has 0 bridgehead atoms. The highest BCUT2D eigenvalue weighted by Gasteiger charge is 2.39. The fourth-order valence-electron chi connectivity index (χ4n) is 3.89. The second-order valence-corrected chi connectivity index (χ2v) is 10.1. The maximum absolute atomic E-state index is 13.4. The number of hydrogen-bond donors (Lipinski definition) is 1. The zero-order valence-corrected chi connectivity index (χ0v) is 17.6. The van der Waals surface area contributed by atoms with Gasteiger partial charge in [0.2, 0.25) is 0 Å². The van der Waals surface area contributed by atoms with Crippen LogP contribution in [0.3, 0.4) is 0 Å². The Morgan fingerprint density at radius 3 is 2.21 bits per heavy atom. The van der Waals surface area contributed by atoms with E-state index in [-0.39, 0.29) is 11.2 Å². The molecule has 0 amide bonds. The van der Waals surface area contributed by atoms with Crippen LogP contribution in [0.25, 0.3) is 0 Å². The molecular formula is C24H24FN2OP. The molecule has 0 radical (unpaired) electrons. The molecule has 0 spiro atoms. The second-order valence-electron chi connectivity index (χ2n) is 7.78. The monoisotopic (exact) mass is 406 g/mol. The summed E-state index contributed by atoms with van der Waals surface area (Å²) >= 11 is 0. The first-order valence-electron chi connectivity index (χ1n) is 9.54. The summed E-state index contributed by atoms with van der Waals surface area (Å²) in [4.78, 5) is 14.0. The van der Waals surface area contributed by atoms with Crippen molar-refractivity contribution in [1.82, 2.24) is 0 Å². The largest absolute Gasteiger partial charge is 0.353 e. The van der Waals surface area contributed by atoms with Crippen molar-refractivity contribution in [2.75, 3.05) is 11.9 Å². The number of rotatable bonds is 3. The minimum absolute atomic E-state index is 0.271. The molecule has 3 aromatic rings. The maximum Gasteiger partial charge on any atom is 0.140 e. The Labute approximate surface area is 171 Å². The van der Waals surface area contributed by atoms with Gasteiger partial charge < -0.3 is 9.79 Å². The van der Waals surface area contributed by atoms with Gasteiger partial charge in [-0.05, 0) is 35.9 Å². The number of hydrogen-bond acceptors (Lipinski definition) is 2. The molecule has 0 saturated heterocycles. The number of likely N-dealkylation sites (N-methyl/N-ethyl adjacent to an activating group) is 1. The van der Waals surface area contributed by atoms with E-state index in [1.165, 1.54) is 17.7 Å². The van der Waals surface area contributed by atoms with Gasteiger partial charge in [0.15, 0.2) is 0 Å². The van der Waals surface area contributed by atoms with Crippen molar-refractivity contribution in [1.29, 1.82) is 0 Å². The van der Waals surface area contributed by atoms with E-state index in [0.717, 1.165) is 16.7 Å². The average molecular weight is 406 g/mol. The van der Waals surface area contributed by atoms with E-state index in [0.29, 0.717) is 5.69 Å². The van der Waals surface area contributed by atoms with Crippen LogP contribution in [0.1, 0.15) is 19.4 Å². The summed E-state index contributed by atoms with van der Waals surface area (Å²) in [5, 5.41) is 0.761. The van der Waals surface area contributed by atoms with Gasteiger partial charge in [-0.15, -0.1) is 0 Å². The molecule has 0 aromatic heterocycles. The van der Waals surface area contributed by atoms with E-state index in [2.05, 4.69) is 30.9 Å². The first-order valence-corrected chi connectivity index (χ1v) is 11.3. The highest BCUT2D eigenvalue weighted by Crippen LogP contribution is 2.55. The normalized spacial score (nSPS) is 18.4. The molecule has 1 N–H and O–H groups in total. The molecule has 1 atom stereocenters. The topological polar surface area (TPSA) is 35.8 Å². The summed E-state index contributed by atoms with van der Waals surface area (Å²) in [6.07, 6.45) is 0. The number of allylic oxidation sites excluding steroid dienone is 1. The second kappa shape index (κ2) is 7.29. The molecule has 1 aliphatic heterocycles. The molecule has 148 valence electrons. The van der Waals surface area contributed by atoms with Gasteiger partial charge in [0.25, 0.3) is 0 Å². The maximum atomic E-state index is 13.4. The van der Waals surface area contributed by atoms with Gasteiger partial charge >= 0.3 is 0 Å². The molecule has 3 nitrogen and oxygen atoms in total. The summed E-state index contributed by atoms with van der Waals surface area (Å²) in [5.74, 6) is 1.60. The zero-order chi connectivity index (χ0) is 20.6. The van der Waals surface area contributed by atoms with Gasteiger partial charge in [-0.1, -0.05) is 62.4 Å². The number of benzene rings is 3. The van der Waals surface area contributed by atoms with Crippen molar-refractivity contribution in [2.45, 2.75) is 19.3 Å². The molecule has 0 saturated carbocycles. The molecule has 3 aromatic carbocycles. The lowest BCUT2D eigenvalue weighted by Gasteiger charge is -2.27. The summed E-state index contributed by atoms with van der Waals surface area (Å²) in [5.41, 5.74) is 3.63. The Morgan fingerprint density at radius 1 is 0.931 bits per heavy atom. The van der Waals surface area contributed by atoms with E-state index >= 15 is 0 Å². The van der Waals surface area contributed by atoms with Crippen LogP contribution in [-0.2, 0) is 5.41 Å². The number of halogens is 1. The standard InChI is InChI=1S/C24H24FN2OP/c1-24(2)21-11-7-8-12-22(21)27(3)23(24)17-29(28,20-9-5-4-6-10-20)26-19-15-13-18(25)14-16-19/h4-17,28H,1-3H3/b23-17+/t29-/m1/s1. The third-order valence-corrected chi connectivity index (χ3v) is 7.67. The summed E-state index contributed by atoms with van der Waals surface area (Å²) in [6, 6.07) is 23.7. The molecule has 0 aliphatic carbocycles. The number of anilines is 1. The lowest BCUT2D eigenvalue weighted by atomic mass is 9.84. The van der Waals surface area contributed by atoms with Crippen molar-refractivity contribution in [3.63, 3.8) is 0 Å². The van der Waals surface area contributed by atoms with Crippen LogP contribution in [0.15, 0.2) is 95.1 Å². The van der Waals surface area contributed by atoms with Crippen LogP contribution in [0.2, 0.25) is 0 Å². The van der Waals surface area contributed by atoms with Crippen molar-refractivity contribution >= 4 is 24.0 Å². The minimum Gasteiger partial charge on any atom is -0.353 e. The van der Waals surface area contributed by atoms with Gasteiger partial charge in [0.05, 0.1) is 5.69 Å². The Kier molecular flexibility index (Phi) is 4.94. The first-order chi connectivity index (χ1) is 13.8. The summed E-state index contributed by atoms with van der Waals surface area (Å²) in [7, 11) is -1.03. The third kappa shape index (κ3) is 3.55. The Bertz CT molecular complexity index is 1120. The molecule has 0 unspecified atom stereocenters. The molecule has 1 heterocycles. The van der Waals surface area contributed by atoms with E-state index in [1.807, 2.05) is 55.3 Å². The smallest absolute Gasteiger partial charge is 0.140 e. The highest BCUT2D eigenvalue weighted by molar-refractivity contribution is 7.71. The lowest BCUT2D eigenvalue weighted by Crippen LogP contribution is -2.23. The Morgan fingerprint density at radius 2 is 1.55 bits per heavy atom. The van der Waals surface area contributed by atoms with Crippen LogP contribution in [0.5, 0.6) is 0 Å². The van der Waals surface area contributed by atoms with Gasteiger partial charge in [-0.2, -0.15) is 0 Å². The Balaban J connectivity index is 1.93. The predicted octanol–water partition coefficient (Wildman–Crippen LogP) is 6.16. The van der Waals surface area contributed by atoms with E-state index < -0.39 is 7.28 Å². The molecule has 5 heteroatoms. The summed E-state index contributed by atoms with van der Waals surface area (Å²) in [6.45, 7) is 4.32. The van der Waals surface area contributed by atoms with Crippen molar-refractivity contribution < 1.29 is 9.28 Å². The van der Waals surface area contributed by atoms with Gasteiger partial charge in [0, 0.05) is 35.0 Å². The number of para-hydroxylation sites is 1. The van der Waals surface area contributed by atoms with Gasteiger partial charge in [-0.3, -0.25) is 0 Å². The van der Waals surface area contributed by atoms with Crippen molar-refractivity contribution in [3.05, 3.63) is 102 Å². The minimum atomic E-state index is -3.05. The average Bonchev–Trinajstić information content (AvgIpc) is 2.91. The fourth-order valence-corrected chi connectivity index (χ4v) is 6.15. The van der Waals surface area contributed by atoms with Crippen molar-refractivity contribution in [2.24, 2.45) is 4.74 Å². The summed E-state index contributed by atoms with van der Waals surface area (Å²) < 4.78 is 18.1. The first kappa shape index (κ1) is 19.6. The highest BCUT2D eigenvalue weighted by atomic mass is 31.2. The SMILES string of the molecule is CN1/C(=C/[P@](O)(=Nc2ccc(F)cc2)c2ccccc2)C(C)(C)c2ccccc21. The molecule has 1 aliphatic rings. The fraction of sp³-hybridized carbons (Fsp3) is 0.167. The van der Waals surface area contributed by atoms with Crippen LogP contribution >= 0.6 is 7.28 Å². The number of fused-ring (bicyclic) bond motifs is 1. The number of nitrogens with zero attached hydrogens (tertiary/aromatic N) is 2. The predicted molar refractivity (Wildman–Crippen MR) is 120 cm³/mol. The Hall–Kier alpha value is -2.68. The van der Waals surface area contributed by atoms with Crippen LogP contribution in [0.4, 0.5) is 15.8 Å². The third-order valence-electron chi connectivity index (χ3n) is 5.47. The van der Waals surface area contributed by atoms with E-state index in [1.54, 1.807) is 12.1 Å². The van der Waals surface area contributed by atoms with Gasteiger partial charge in [0.1, 0.15) is 13.1 Å². The molecular weight excluding hydrogens is 382 g/mol. The quantitative estimate of drug-likeness (QED) is 0.529. The molecule has 0 fully saturated rings. The van der Waals surface area contributed by atoms with Crippen LogP contribution < -0.4 is 10.2 Å². The van der Waals surface area contributed by atoms with Crippen LogP contribution in [0, 0.1) is 5.82 Å². The van der Waals surface area contributed by atoms with Gasteiger partial charge in [-0.25, -0.2) is 9.14 Å². The zero-order valence-electron chi connectivity index (χ0n) is 16.7. The van der Waals surface area contributed by atoms with E-state index in [4.69, 9.17) is 4.74 Å². The van der Waals surface area contributed by atoms with Crippen LogP contribution in [-0.4, -0.2) is 11.9 Å². The lowest BCUT2D eigenvalue weighted by molar-refractivity contribution is 0.621. The molecule has 4 rings (SSSR count). The van der Waals surface area contributed by atoms with E-state index in [9.17, 15) is 9.28 Å². The molecule has 29 heavy (non-hydrogen) atoms.